The zero-order valence-electron chi connectivity index (χ0n) is 17.5. The van der Waals surface area contributed by atoms with E-state index in [0.717, 1.165) is 30.3 Å². The summed E-state index contributed by atoms with van der Waals surface area (Å²) >= 11 is 1.65. The summed E-state index contributed by atoms with van der Waals surface area (Å²) in [5.74, 6) is 0.562. The average molecular weight is 417 g/mol. The molecule has 0 aromatic heterocycles. The summed E-state index contributed by atoms with van der Waals surface area (Å²) in [6, 6.07) is 9.47. The first-order valence-electron chi connectivity index (χ1n) is 10.7. The van der Waals surface area contributed by atoms with Gasteiger partial charge in [-0.2, -0.15) is 0 Å². The fraction of sp³-hybridized carbons (Fsp3) is 0.591. The fourth-order valence-electron chi connectivity index (χ4n) is 3.82. The van der Waals surface area contributed by atoms with Crippen LogP contribution in [-0.2, 0) is 10.5 Å². The van der Waals surface area contributed by atoms with Gasteiger partial charge < -0.3 is 9.80 Å². The number of hydrogen-bond donors (Lipinski definition) is 1. The maximum atomic E-state index is 12.6. The number of rotatable bonds is 10. The third-order valence-electron chi connectivity index (χ3n) is 5.54. The number of likely N-dealkylation sites (N-methyl/N-ethyl adjacent to an activating group) is 1. The highest BCUT2D eigenvalue weighted by atomic mass is 32.2. The lowest BCUT2D eigenvalue weighted by Gasteiger charge is -2.36. The van der Waals surface area contributed by atoms with E-state index in [1.165, 1.54) is 37.7 Å². The van der Waals surface area contributed by atoms with E-state index >= 15 is 0 Å². The molecular weight excluding hydrogens is 384 g/mol. The minimum Gasteiger partial charge on any atom is -0.336 e. The fourth-order valence-corrected chi connectivity index (χ4v) is 4.86. The number of hydrogen-bond acceptors (Lipinski definition) is 5. The number of nitrogens with zero attached hydrogens (tertiary/aromatic N) is 3. The third kappa shape index (κ3) is 5.53. The molecule has 3 amide bonds. The number of aliphatic imine (C=N–C) groups is 1. The van der Waals surface area contributed by atoms with Crippen LogP contribution in [0, 0.1) is 0 Å². The van der Waals surface area contributed by atoms with Crippen molar-refractivity contribution in [3.8, 4) is 0 Å². The van der Waals surface area contributed by atoms with Crippen molar-refractivity contribution in [2.45, 2.75) is 69.8 Å². The van der Waals surface area contributed by atoms with Crippen molar-refractivity contribution in [2.75, 3.05) is 13.6 Å². The predicted molar refractivity (Wildman–Crippen MR) is 119 cm³/mol. The first-order valence-corrected chi connectivity index (χ1v) is 11.7. The summed E-state index contributed by atoms with van der Waals surface area (Å²) < 4.78 is 0. The molecule has 2 atom stereocenters. The van der Waals surface area contributed by atoms with E-state index in [-0.39, 0.29) is 11.9 Å². The number of amides is 3. The second-order valence-corrected chi connectivity index (χ2v) is 8.71. The first-order chi connectivity index (χ1) is 14.1. The molecule has 2 aliphatic rings. The Labute approximate surface area is 178 Å². The van der Waals surface area contributed by atoms with Gasteiger partial charge in [0.1, 0.15) is 0 Å². The molecule has 1 aromatic carbocycles. The Morgan fingerprint density at radius 1 is 1.03 bits per heavy atom. The van der Waals surface area contributed by atoms with Gasteiger partial charge in [-0.3, -0.25) is 10.1 Å². The molecule has 1 saturated heterocycles. The largest absolute Gasteiger partial charge is 0.336 e. The van der Waals surface area contributed by atoms with Crippen LogP contribution in [0.2, 0.25) is 0 Å². The minimum atomic E-state index is -0.431. The molecule has 158 valence electrons. The highest BCUT2D eigenvalue weighted by Crippen LogP contribution is 2.30. The second-order valence-electron chi connectivity index (χ2n) is 7.76. The molecule has 6 nitrogen and oxygen atoms in total. The van der Waals surface area contributed by atoms with Crippen LogP contribution in [0.4, 0.5) is 4.79 Å². The lowest BCUT2D eigenvalue weighted by Crippen LogP contribution is -2.63. The van der Waals surface area contributed by atoms with Crippen LogP contribution in [0.1, 0.15) is 57.4 Å². The van der Waals surface area contributed by atoms with E-state index in [4.69, 9.17) is 4.99 Å². The Morgan fingerprint density at radius 3 is 2.45 bits per heavy atom. The molecular formula is C22H32N4O2S. The van der Waals surface area contributed by atoms with Crippen LogP contribution in [0.5, 0.6) is 0 Å². The van der Waals surface area contributed by atoms with E-state index in [0.29, 0.717) is 0 Å². The van der Waals surface area contributed by atoms with Crippen molar-refractivity contribution in [1.29, 1.82) is 0 Å². The molecule has 1 aromatic rings. The number of benzene rings is 1. The van der Waals surface area contributed by atoms with Crippen LogP contribution >= 0.6 is 11.8 Å². The molecule has 0 spiro atoms. The van der Waals surface area contributed by atoms with Crippen LogP contribution < -0.4 is 5.32 Å². The van der Waals surface area contributed by atoms with E-state index in [9.17, 15) is 9.59 Å². The van der Waals surface area contributed by atoms with E-state index in [1.807, 2.05) is 18.2 Å². The molecule has 0 radical (unpaired) electrons. The van der Waals surface area contributed by atoms with Crippen molar-refractivity contribution in [2.24, 2.45) is 4.99 Å². The average Bonchev–Trinajstić information content (AvgIpc) is 3.10. The number of unbranched alkanes of at least 4 members (excludes halogenated alkanes) is 6. The van der Waals surface area contributed by atoms with Gasteiger partial charge in [-0.1, -0.05) is 87.5 Å². The standard InChI is InChI=1S/C22H32N4O2S/c1-3-4-5-6-7-8-12-15-26-18-19(25(2)21(28)24-20(18)27)23-22(26)29-16-17-13-10-9-11-14-17/h9-11,13-14,18-19H,3-8,12,15-16H2,1-2H3,(H,24,27,28). The lowest BCUT2D eigenvalue weighted by molar-refractivity contribution is -0.127. The topological polar surface area (TPSA) is 65.0 Å². The van der Waals surface area contributed by atoms with Crippen molar-refractivity contribution in [3.05, 3.63) is 35.9 Å². The van der Waals surface area contributed by atoms with Gasteiger partial charge in [-0.05, 0) is 12.0 Å². The molecule has 3 rings (SSSR count). The van der Waals surface area contributed by atoms with Crippen molar-refractivity contribution in [1.82, 2.24) is 15.1 Å². The van der Waals surface area contributed by atoms with E-state index < -0.39 is 12.2 Å². The molecule has 29 heavy (non-hydrogen) atoms. The lowest BCUT2D eigenvalue weighted by atomic mass is 10.1. The third-order valence-corrected chi connectivity index (χ3v) is 6.61. The SMILES string of the molecule is CCCCCCCCCN1C(SCc2ccccc2)=NC2C1C(=O)NC(=O)N2C. The van der Waals surface area contributed by atoms with Gasteiger partial charge in [-0.25, -0.2) is 9.79 Å². The maximum absolute atomic E-state index is 12.6. The highest BCUT2D eigenvalue weighted by Gasteiger charge is 2.48. The molecule has 1 fully saturated rings. The van der Waals surface area contributed by atoms with Crippen LogP contribution in [0.3, 0.4) is 0 Å². The normalized spacial score (nSPS) is 21.2. The number of carbonyl (C=O) groups is 2. The van der Waals surface area contributed by atoms with Crippen molar-refractivity contribution in [3.63, 3.8) is 0 Å². The van der Waals surface area contributed by atoms with Gasteiger partial charge >= 0.3 is 6.03 Å². The van der Waals surface area contributed by atoms with Gasteiger partial charge in [0.25, 0.3) is 5.91 Å². The Kier molecular flexibility index (Phi) is 7.98. The minimum absolute atomic E-state index is 0.236. The van der Waals surface area contributed by atoms with Crippen molar-refractivity contribution >= 4 is 28.9 Å². The Morgan fingerprint density at radius 2 is 1.72 bits per heavy atom. The summed E-state index contributed by atoms with van der Waals surface area (Å²) in [6.45, 7) is 3.03. The maximum Gasteiger partial charge on any atom is 0.325 e. The summed E-state index contributed by atoms with van der Waals surface area (Å²) in [5, 5.41) is 3.34. The number of fused-ring (bicyclic) bond motifs is 1. The summed E-state index contributed by atoms with van der Waals surface area (Å²) in [6.07, 6.45) is 8.15. The monoisotopic (exact) mass is 416 g/mol. The zero-order valence-corrected chi connectivity index (χ0v) is 18.3. The van der Waals surface area contributed by atoms with Crippen LogP contribution in [0.15, 0.2) is 35.3 Å². The molecule has 2 unspecified atom stereocenters. The van der Waals surface area contributed by atoms with E-state index in [2.05, 4.69) is 29.3 Å². The Hall–Kier alpha value is -2.02. The van der Waals surface area contributed by atoms with Gasteiger partial charge in [0.05, 0.1) is 0 Å². The van der Waals surface area contributed by atoms with E-state index in [1.54, 1.807) is 23.7 Å². The summed E-state index contributed by atoms with van der Waals surface area (Å²) in [7, 11) is 1.71. The summed E-state index contributed by atoms with van der Waals surface area (Å²) in [5.41, 5.74) is 1.22. The molecule has 0 saturated carbocycles. The summed E-state index contributed by atoms with van der Waals surface area (Å²) in [4.78, 5) is 33.0. The molecule has 7 heteroatoms. The van der Waals surface area contributed by atoms with Gasteiger partial charge in [-0.15, -0.1) is 0 Å². The first kappa shape index (κ1) is 21.7. The second kappa shape index (κ2) is 10.7. The number of urea groups is 1. The molecule has 1 N–H and O–H groups in total. The Balaban J connectivity index is 1.62. The number of imide groups is 1. The van der Waals surface area contributed by atoms with Gasteiger partial charge in [0.15, 0.2) is 17.4 Å². The van der Waals surface area contributed by atoms with Crippen LogP contribution in [0.25, 0.3) is 0 Å². The Bertz CT molecular complexity index is 725. The smallest absolute Gasteiger partial charge is 0.325 e. The molecule has 0 bridgehead atoms. The molecule has 0 aliphatic carbocycles. The number of carbonyl (C=O) groups excluding carboxylic acids is 2. The van der Waals surface area contributed by atoms with Gasteiger partial charge in [0, 0.05) is 19.3 Å². The molecule has 2 heterocycles. The quantitative estimate of drug-likeness (QED) is 0.580. The number of nitrogens with one attached hydrogen (secondary N) is 1. The van der Waals surface area contributed by atoms with Crippen molar-refractivity contribution < 1.29 is 9.59 Å². The predicted octanol–water partition coefficient (Wildman–Crippen LogP) is 4.22. The zero-order chi connectivity index (χ0) is 20.6. The number of thioether (sulfide) groups is 1. The van der Waals surface area contributed by atoms with Gasteiger partial charge in [0.2, 0.25) is 0 Å². The van der Waals surface area contributed by atoms with Crippen LogP contribution in [-0.4, -0.2) is 52.7 Å². The highest BCUT2D eigenvalue weighted by molar-refractivity contribution is 8.13. The molecule has 2 aliphatic heterocycles. The number of amidine groups is 1.